The van der Waals surface area contributed by atoms with Gasteiger partial charge in [0.25, 0.3) is 5.69 Å². The first-order valence-electron chi connectivity index (χ1n) is 38.5. The molecule has 642 valence electrons. The number of carbonyl (C=O) groups is 10. The molecule has 1 fully saturated rings. The van der Waals surface area contributed by atoms with Crippen LogP contribution in [0.5, 0.6) is 5.75 Å². The molecule has 6 bridgehead atoms. The number of aromatic carboxylic acids is 2. The maximum Gasteiger partial charge on any atom is 0.335 e. The van der Waals surface area contributed by atoms with E-state index in [2.05, 4.69) is 89.7 Å². The molecule has 1 saturated heterocycles. The number of ether oxygens (including phenoxy) is 4. The Kier molecular flexibility index (Phi) is 29.6. The average Bonchev–Trinajstić information content (AvgIpc) is 1.29. The monoisotopic (exact) mass is 1680 g/mol. The molecule has 2 aromatic heterocycles. The van der Waals surface area contributed by atoms with E-state index in [0.29, 0.717) is 52.8 Å². The van der Waals surface area contributed by atoms with Crippen molar-refractivity contribution in [2.24, 2.45) is 0 Å². The van der Waals surface area contributed by atoms with Crippen molar-refractivity contribution in [3.63, 3.8) is 0 Å². The summed E-state index contributed by atoms with van der Waals surface area (Å²) in [7, 11) is 0. The van der Waals surface area contributed by atoms with Gasteiger partial charge in [-0.05, 0) is 160 Å². The molecule has 43 nitrogen and oxygen atoms in total. The summed E-state index contributed by atoms with van der Waals surface area (Å²) in [5, 5.41) is 125. The second-order valence-corrected chi connectivity index (χ2v) is 28.1. The Bertz CT molecular complexity index is 5250. The lowest BCUT2D eigenvalue weighted by Gasteiger charge is -2.40. The molecule has 4 aliphatic heterocycles. The van der Waals surface area contributed by atoms with Gasteiger partial charge < -0.3 is 129 Å². The van der Waals surface area contributed by atoms with Crippen molar-refractivity contribution in [2.75, 3.05) is 89.5 Å². The van der Waals surface area contributed by atoms with Crippen LogP contribution in [-0.2, 0) is 102 Å². The fourth-order valence-corrected chi connectivity index (χ4v) is 14.6. The van der Waals surface area contributed by atoms with Crippen LogP contribution >= 0.6 is 0 Å². The molecule has 0 spiro atoms. The van der Waals surface area contributed by atoms with Gasteiger partial charge >= 0.3 is 54.1 Å². The zero-order valence-corrected chi connectivity index (χ0v) is 66.3. The number of nitrogens with zero attached hydrogens (tertiary/aromatic N) is 6. The number of rotatable bonds is 25. The first-order valence-corrected chi connectivity index (χ1v) is 38.5. The van der Waals surface area contributed by atoms with Gasteiger partial charge in [-0.15, -0.1) is 5.10 Å². The molecule has 12 rings (SSSR count). The summed E-state index contributed by atoms with van der Waals surface area (Å²) in [4.78, 5) is 150. The number of fused-ring (bicyclic) bond motifs is 20. The third-order valence-corrected chi connectivity index (χ3v) is 20.5. The number of nitroso groups, excluding NO2 is 1. The first-order chi connectivity index (χ1) is 58.2. The van der Waals surface area contributed by atoms with Crippen LogP contribution in [0.4, 0.5) is 74.3 Å². The molecule has 6 heterocycles. The predicted octanol–water partition coefficient (Wildman–Crippen LogP) is 3.25. The molecular weight excluding hydrogens is 1580 g/mol. The van der Waals surface area contributed by atoms with Crippen LogP contribution in [0.2, 0.25) is 0 Å². The number of amides is 13. The topological polar surface area (TPSA) is 610 Å². The van der Waals surface area contributed by atoms with Crippen LogP contribution < -0.4 is 83.9 Å². The fraction of sp³-hybridized carbons (Fsp3) is 0.385. The summed E-state index contributed by atoms with van der Waals surface area (Å²) in [6.07, 6.45) is -5.63. The van der Waals surface area contributed by atoms with Gasteiger partial charge in [-0.1, -0.05) is 32.1 Å². The average molecular weight is 1680 g/mol. The van der Waals surface area contributed by atoms with E-state index in [0.717, 1.165) is 34.4 Å². The summed E-state index contributed by atoms with van der Waals surface area (Å²) in [5.41, 5.74) is 6.41. The number of benzene rings is 6. The van der Waals surface area contributed by atoms with Crippen LogP contribution in [0.3, 0.4) is 0 Å². The van der Waals surface area contributed by atoms with Crippen LogP contribution in [0.15, 0.2) is 77.6 Å². The lowest BCUT2D eigenvalue weighted by atomic mass is 9.82. The van der Waals surface area contributed by atoms with E-state index in [1.807, 2.05) is 20.8 Å². The Morgan fingerprint density at radius 2 is 1.06 bits per heavy atom. The Balaban J connectivity index is 0.881. The molecule has 13 amide bonds. The van der Waals surface area contributed by atoms with Gasteiger partial charge in [0.1, 0.15) is 42.5 Å². The smallest absolute Gasteiger partial charge is 0.335 e. The van der Waals surface area contributed by atoms with Crippen molar-refractivity contribution in [1.82, 2.24) is 62.5 Å². The van der Waals surface area contributed by atoms with Gasteiger partial charge in [0.15, 0.2) is 11.7 Å². The minimum absolute atomic E-state index is 0.00266. The lowest BCUT2D eigenvalue weighted by Crippen LogP contribution is -2.63. The zero-order chi connectivity index (χ0) is 86.7. The van der Waals surface area contributed by atoms with Crippen LogP contribution in [-0.4, -0.2) is 204 Å². The summed E-state index contributed by atoms with van der Waals surface area (Å²) in [6.45, 7) is 6.30. The van der Waals surface area contributed by atoms with Gasteiger partial charge in [0, 0.05) is 66.5 Å². The van der Waals surface area contributed by atoms with E-state index in [4.69, 9.17) is 23.6 Å². The SMILES string of the molecule is CCc1c2c(CC)c3c(CC)c1CNC(=O)Nc1ccc(C(=O)O)cc1NC(=O)NCc1c(C)c(c(OCCOCCOCCn4cc(CN(CC(=O)N[C@@H]5O[C@H](CO)[C@@H](O)[C@H](O)[C@H]5O)c5ccc([NH+]=O)c6nonc56)nn4)c(c1C)CNC(=O)Nc1cc(C(=O)O)ccc1NC(=O)NC3)CNC(=O)Nc1ccc(CC(=O)O)cc1NC(=O)NCC2. The number of anilines is 7. The van der Waals surface area contributed by atoms with Gasteiger partial charge in [-0.3, -0.25) is 9.59 Å². The molecule has 21 N–H and O–H groups in total. The molecule has 121 heavy (non-hydrogen) atoms. The fourth-order valence-electron chi connectivity index (χ4n) is 14.6. The van der Waals surface area contributed by atoms with E-state index in [1.165, 1.54) is 64.2 Å². The van der Waals surface area contributed by atoms with E-state index in [1.54, 1.807) is 25.2 Å². The quantitative estimate of drug-likeness (QED) is 0.0365. The van der Waals surface area contributed by atoms with Crippen molar-refractivity contribution in [1.29, 1.82) is 0 Å². The number of carboxylic acid groups (broad SMARTS) is 3. The molecule has 6 aromatic carbocycles. The number of aliphatic hydroxyl groups excluding tert-OH is 4. The Labute approximate surface area is 688 Å². The number of urea groups is 6. The van der Waals surface area contributed by atoms with E-state index >= 15 is 0 Å². The Morgan fingerprint density at radius 3 is 1.59 bits per heavy atom. The number of nitrogens with one attached hydrogen (secondary N) is 14. The van der Waals surface area contributed by atoms with Gasteiger partial charge in [0.2, 0.25) is 11.4 Å². The maximum absolute atomic E-state index is 14.5. The number of hydrogen-bond donors (Lipinski definition) is 21. The number of hydrogen-bond acceptors (Lipinski definition) is 25. The standard InChI is InChI=1S/C78H92N20O23/c1-6-44-47-17-18-79-73(110)88-57-25-40(26-63(101)102)9-12-53(57)85-74(111)81-30-49-38(4)48-29-80-77(114)89-58-27-41(71(106)107)10-13-54(58)86-75(112)83-32-51(44)46(8-3)52(45(47)7-2)33-84-76(113)87-55-14-11-42(72(108)109)28-59(55)90-78(115)82-31-50(39(48)5)69(49)119-24-23-118-22-21-117-20-19-98-35-43(92-96-98)34-97(60-16-15-56(93-116)64-65(60)95-121-94-64)36-62(100)91-70-68(105)67(104)66(103)61(37-99)120-70/h9-16,25,27-28,35,61,66-68,70,99,103-105H,6-8,17-24,26,29-34,36-37H2,1-5H3,(H,91,100)(H,101,102)(H,106,107)(H,108,109)(H2,79,88,110)(H2,80,89,114)(H2,81,85,111)(H2,82,90,115)(H2,83,86,112)(H2,84,87,113)/p+1/t61-,66-,67+,68-,70-/m1/s1. The highest BCUT2D eigenvalue weighted by Crippen LogP contribution is 2.38. The van der Waals surface area contributed by atoms with Gasteiger partial charge in [-0.2, -0.15) is 0 Å². The lowest BCUT2D eigenvalue weighted by molar-refractivity contribution is -0.377. The number of carbonyl (C=O) groups excluding carboxylic acids is 7. The molecule has 43 heteroatoms. The zero-order valence-electron chi connectivity index (χ0n) is 66.3. The molecule has 0 radical (unpaired) electrons. The van der Waals surface area contributed by atoms with Crippen molar-refractivity contribution in [2.45, 2.75) is 143 Å². The maximum atomic E-state index is 14.5. The van der Waals surface area contributed by atoms with Crippen molar-refractivity contribution >= 4 is 117 Å². The summed E-state index contributed by atoms with van der Waals surface area (Å²) in [5.74, 6) is -4.57. The third-order valence-electron chi connectivity index (χ3n) is 20.5. The molecule has 5 atom stereocenters. The number of aliphatic carboxylic acids is 1. The molecule has 0 aliphatic carbocycles. The largest absolute Gasteiger partial charge is 0.490 e. The van der Waals surface area contributed by atoms with E-state index in [9.17, 15) is 88.6 Å². The number of aromatic nitrogens is 5. The summed E-state index contributed by atoms with van der Waals surface area (Å²) in [6, 6.07) is 9.59. The minimum atomic E-state index is -1.79. The highest BCUT2D eigenvalue weighted by molar-refractivity contribution is 6.04. The Morgan fingerprint density at radius 1 is 0.570 bits per heavy atom. The first kappa shape index (κ1) is 88.1. The van der Waals surface area contributed by atoms with E-state index in [-0.39, 0.29) is 175 Å². The third kappa shape index (κ3) is 21.8. The molecule has 0 unspecified atom stereocenters. The number of aliphatic hydroxyl groups is 4. The highest BCUT2D eigenvalue weighted by Gasteiger charge is 2.44. The predicted molar refractivity (Wildman–Crippen MR) is 431 cm³/mol. The van der Waals surface area contributed by atoms with Crippen LogP contribution in [0.25, 0.3) is 11.0 Å². The molecule has 8 aromatic rings. The van der Waals surface area contributed by atoms with Crippen LogP contribution in [0.1, 0.15) is 114 Å². The molecule has 4 aliphatic rings. The Hall–Kier alpha value is -13.7. The van der Waals surface area contributed by atoms with Crippen LogP contribution in [0, 0.1) is 18.8 Å². The van der Waals surface area contributed by atoms with Gasteiger partial charge in [0.05, 0.1) is 116 Å². The van der Waals surface area contributed by atoms with Crippen molar-refractivity contribution in [3.8, 4) is 5.75 Å². The molecular formula is C78H93N20O23+. The summed E-state index contributed by atoms with van der Waals surface area (Å²) >= 11 is 0. The highest BCUT2D eigenvalue weighted by atomic mass is 16.6. The van der Waals surface area contributed by atoms with Crippen molar-refractivity contribution in [3.05, 3.63) is 161 Å². The minimum Gasteiger partial charge on any atom is -0.490 e. The normalized spacial score (nSPS) is 17.4. The van der Waals surface area contributed by atoms with Gasteiger partial charge in [-0.25, -0.2) is 47.7 Å². The number of carboxylic acids is 3. The summed E-state index contributed by atoms with van der Waals surface area (Å²) < 4.78 is 30.4. The molecule has 0 saturated carbocycles. The van der Waals surface area contributed by atoms with Crippen molar-refractivity contribution < 1.29 is 112 Å². The second kappa shape index (κ2) is 40.6. The van der Waals surface area contributed by atoms with E-state index < -0.39 is 117 Å². The second-order valence-electron chi connectivity index (χ2n) is 28.1.